The van der Waals surface area contributed by atoms with Crippen LogP contribution in [-0.2, 0) is 4.57 Å². The standard InChI is InChI=1S/C4H10NOP/c1-2-3-4-5-7-6/h2-4H2,1H3,(H,5,6). The van der Waals surface area contributed by atoms with Crippen molar-refractivity contribution in [1.82, 2.24) is 5.09 Å². The van der Waals surface area contributed by atoms with Crippen LogP contribution in [0.3, 0.4) is 0 Å². The van der Waals surface area contributed by atoms with E-state index < -0.39 is 0 Å². The van der Waals surface area contributed by atoms with Gasteiger partial charge < -0.3 is 0 Å². The fourth-order valence-electron chi connectivity index (χ4n) is 0.301. The Balaban J connectivity index is 2.56. The van der Waals surface area contributed by atoms with Crippen molar-refractivity contribution in [2.24, 2.45) is 0 Å². The lowest BCUT2D eigenvalue weighted by Gasteiger charge is -1.87. The summed E-state index contributed by atoms with van der Waals surface area (Å²) in [5.41, 5.74) is 0. The molecular formula is C4H10NOP. The van der Waals surface area contributed by atoms with Crippen molar-refractivity contribution < 1.29 is 4.57 Å². The minimum absolute atomic E-state index is 0.0546. The minimum Gasteiger partial charge on any atom is -0.256 e. The molecule has 2 nitrogen and oxygen atoms in total. The van der Waals surface area contributed by atoms with E-state index >= 15 is 0 Å². The van der Waals surface area contributed by atoms with Crippen LogP contribution in [-0.4, -0.2) is 6.54 Å². The van der Waals surface area contributed by atoms with E-state index in [1.54, 1.807) is 0 Å². The van der Waals surface area contributed by atoms with Crippen LogP contribution in [0, 0.1) is 0 Å². The summed E-state index contributed by atoms with van der Waals surface area (Å²) in [6, 6.07) is 0. The molecule has 0 aromatic rings. The van der Waals surface area contributed by atoms with Crippen molar-refractivity contribution in [2.45, 2.75) is 19.8 Å². The smallest absolute Gasteiger partial charge is 0.245 e. The van der Waals surface area contributed by atoms with Gasteiger partial charge in [-0.15, -0.1) is 0 Å². The molecule has 0 atom stereocenters. The van der Waals surface area contributed by atoms with E-state index in [1.165, 1.54) is 0 Å². The van der Waals surface area contributed by atoms with E-state index in [2.05, 4.69) is 12.0 Å². The van der Waals surface area contributed by atoms with E-state index in [1.807, 2.05) is 0 Å². The maximum atomic E-state index is 9.67. The minimum atomic E-state index is 0.0546. The van der Waals surface area contributed by atoms with E-state index in [9.17, 15) is 4.57 Å². The van der Waals surface area contributed by atoms with Gasteiger partial charge in [-0.3, -0.25) is 4.57 Å². The molecule has 0 saturated carbocycles. The van der Waals surface area contributed by atoms with Crippen molar-refractivity contribution in [3.63, 3.8) is 0 Å². The zero-order valence-corrected chi connectivity index (χ0v) is 5.37. The molecule has 1 N–H and O–H groups in total. The zero-order chi connectivity index (χ0) is 5.54. The number of nitrogens with one attached hydrogen (secondary N) is 1. The molecule has 0 radical (unpaired) electrons. The lowest BCUT2D eigenvalue weighted by molar-refractivity contribution is 0.589. The third kappa shape index (κ3) is 6.06. The summed E-state index contributed by atoms with van der Waals surface area (Å²) in [5, 5.41) is 2.67. The third-order valence-corrected chi connectivity index (χ3v) is 1.06. The van der Waals surface area contributed by atoms with E-state index in [0.29, 0.717) is 0 Å². The number of unbranched alkanes of at least 4 members (excludes halogenated alkanes) is 1. The predicted octanol–water partition coefficient (Wildman–Crippen LogP) is 1.58. The van der Waals surface area contributed by atoms with Gasteiger partial charge in [-0.2, -0.15) is 0 Å². The van der Waals surface area contributed by atoms with E-state index in [4.69, 9.17) is 0 Å². The Bertz CT molecular complexity index is 49.0. The van der Waals surface area contributed by atoms with Crippen molar-refractivity contribution in [2.75, 3.05) is 6.54 Å². The molecule has 0 bridgehead atoms. The van der Waals surface area contributed by atoms with Crippen LogP contribution in [0.5, 0.6) is 0 Å². The predicted molar refractivity (Wildman–Crippen MR) is 30.5 cm³/mol. The SMILES string of the molecule is CCCCNP=O. The Kier molecular flexibility index (Phi) is 6.11. The molecule has 0 rings (SSSR count). The molecule has 0 aliphatic rings. The first kappa shape index (κ1) is 7.06. The first-order valence-electron chi connectivity index (χ1n) is 2.47. The maximum Gasteiger partial charge on any atom is 0.245 e. The highest BCUT2D eigenvalue weighted by Gasteiger charge is 1.78. The molecule has 0 unspecified atom stereocenters. The number of hydrogen-bond acceptors (Lipinski definition) is 1. The molecule has 0 aliphatic carbocycles. The van der Waals surface area contributed by atoms with Gasteiger partial charge in [0.05, 0.1) is 0 Å². The first-order valence-corrected chi connectivity index (χ1v) is 3.28. The Morgan fingerprint density at radius 3 is 2.86 bits per heavy atom. The average Bonchev–Trinajstić information content (AvgIpc) is 1.69. The summed E-state index contributed by atoms with van der Waals surface area (Å²) in [4.78, 5) is 0. The van der Waals surface area contributed by atoms with Crippen molar-refractivity contribution in [1.29, 1.82) is 0 Å². The van der Waals surface area contributed by atoms with Crippen LogP contribution in [0.4, 0.5) is 0 Å². The van der Waals surface area contributed by atoms with Gasteiger partial charge in [-0.05, 0) is 6.42 Å². The number of rotatable bonds is 4. The van der Waals surface area contributed by atoms with Crippen LogP contribution in [0.1, 0.15) is 19.8 Å². The highest BCUT2D eigenvalue weighted by Crippen LogP contribution is 1.86. The van der Waals surface area contributed by atoms with Crippen molar-refractivity contribution in [3.8, 4) is 0 Å². The van der Waals surface area contributed by atoms with Gasteiger partial charge in [-0.25, -0.2) is 5.09 Å². The van der Waals surface area contributed by atoms with Crippen molar-refractivity contribution >= 4 is 8.61 Å². The first-order chi connectivity index (χ1) is 3.41. The summed E-state index contributed by atoms with van der Waals surface area (Å²) < 4.78 is 9.67. The summed E-state index contributed by atoms with van der Waals surface area (Å²) in [6.07, 6.45) is 2.26. The van der Waals surface area contributed by atoms with Gasteiger partial charge in [0.25, 0.3) is 0 Å². The lowest BCUT2D eigenvalue weighted by atomic mass is 10.3. The van der Waals surface area contributed by atoms with Crippen LogP contribution in [0.25, 0.3) is 0 Å². The van der Waals surface area contributed by atoms with E-state index in [-0.39, 0.29) is 8.61 Å². The molecule has 0 spiro atoms. The van der Waals surface area contributed by atoms with Crippen LogP contribution < -0.4 is 5.09 Å². The second-order valence-corrected chi connectivity index (χ2v) is 1.85. The molecule has 0 amide bonds. The normalized spacial score (nSPS) is 9.86. The second kappa shape index (κ2) is 6.06. The summed E-state index contributed by atoms with van der Waals surface area (Å²) in [7, 11) is 0.0546. The van der Waals surface area contributed by atoms with Gasteiger partial charge in [0.15, 0.2) is 0 Å². The van der Waals surface area contributed by atoms with Crippen molar-refractivity contribution in [3.05, 3.63) is 0 Å². The van der Waals surface area contributed by atoms with Gasteiger partial charge in [0, 0.05) is 6.54 Å². The summed E-state index contributed by atoms with van der Waals surface area (Å²) in [6.45, 7) is 2.96. The molecular weight excluding hydrogens is 109 g/mol. The molecule has 0 aromatic carbocycles. The second-order valence-electron chi connectivity index (χ2n) is 1.35. The molecule has 42 valence electrons. The zero-order valence-electron chi connectivity index (χ0n) is 4.48. The molecule has 0 aromatic heterocycles. The van der Waals surface area contributed by atoms with E-state index in [0.717, 1.165) is 19.4 Å². The number of hydrogen-bond donors (Lipinski definition) is 1. The average molecular weight is 119 g/mol. The molecule has 0 aliphatic heterocycles. The Labute approximate surface area is 45.6 Å². The highest BCUT2D eigenvalue weighted by molar-refractivity contribution is 7.21. The van der Waals surface area contributed by atoms with Gasteiger partial charge in [0.1, 0.15) is 0 Å². The van der Waals surface area contributed by atoms with Gasteiger partial charge in [0.2, 0.25) is 8.61 Å². The Morgan fingerprint density at radius 1 is 1.71 bits per heavy atom. The Morgan fingerprint density at radius 2 is 2.43 bits per heavy atom. The fourth-order valence-corrected chi connectivity index (χ4v) is 0.551. The van der Waals surface area contributed by atoms with Crippen LogP contribution in [0.2, 0.25) is 0 Å². The lowest BCUT2D eigenvalue weighted by Crippen LogP contribution is -1.98. The monoisotopic (exact) mass is 119 g/mol. The summed E-state index contributed by atoms with van der Waals surface area (Å²) >= 11 is 0. The maximum absolute atomic E-state index is 9.67. The van der Waals surface area contributed by atoms with Crippen LogP contribution >= 0.6 is 8.61 Å². The molecule has 0 fully saturated rings. The molecule has 3 heteroatoms. The highest BCUT2D eigenvalue weighted by atomic mass is 31.1. The third-order valence-electron chi connectivity index (χ3n) is 0.707. The molecule has 7 heavy (non-hydrogen) atoms. The van der Waals surface area contributed by atoms with Gasteiger partial charge >= 0.3 is 0 Å². The quantitative estimate of drug-likeness (QED) is 0.449. The fraction of sp³-hybridized carbons (Fsp3) is 1.00. The summed E-state index contributed by atoms with van der Waals surface area (Å²) in [5.74, 6) is 0. The molecule has 0 heterocycles. The Hall–Kier alpha value is 0.0600. The van der Waals surface area contributed by atoms with Gasteiger partial charge in [-0.1, -0.05) is 13.3 Å². The van der Waals surface area contributed by atoms with Crippen LogP contribution in [0.15, 0.2) is 0 Å². The molecule has 0 saturated heterocycles. The largest absolute Gasteiger partial charge is 0.256 e. The topological polar surface area (TPSA) is 29.1 Å².